The molecule has 6 nitrogen and oxygen atoms in total. The van der Waals surface area contributed by atoms with Crippen LogP contribution >= 0.6 is 0 Å². The summed E-state index contributed by atoms with van der Waals surface area (Å²) in [7, 11) is 0. The van der Waals surface area contributed by atoms with Gasteiger partial charge in [-0.2, -0.15) is 0 Å². The number of halogens is 1. The molecule has 1 atom stereocenters. The standard InChI is InChI=1S/C18H24FN3O3/c1-4-18(13-5-7-14(19)8-6-13)16(24)22(17(25)21-18)11-15(23)20-10-9-12(2)3/h5-8,12H,4,9-11H2,1-3H3,(H,20,23)(H,21,25)/t18-/m0/s1. The molecule has 1 aromatic rings. The van der Waals surface area contributed by atoms with Crippen LogP contribution in [-0.2, 0) is 15.1 Å². The van der Waals surface area contributed by atoms with Gasteiger partial charge in [0.1, 0.15) is 17.9 Å². The second kappa shape index (κ2) is 7.63. The highest BCUT2D eigenvalue weighted by Gasteiger charge is 2.51. The van der Waals surface area contributed by atoms with E-state index in [-0.39, 0.29) is 12.5 Å². The van der Waals surface area contributed by atoms with Crippen LogP contribution in [0.4, 0.5) is 9.18 Å². The minimum absolute atomic E-state index is 0.300. The molecular weight excluding hydrogens is 325 g/mol. The van der Waals surface area contributed by atoms with Crippen molar-refractivity contribution in [1.82, 2.24) is 15.5 Å². The number of benzene rings is 1. The molecular formula is C18H24FN3O3. The molecule has 0 aliphatic carbocycles. The molecule has 0 unspecified atom stereocenters. The lowest BCUT2D eigenvalue weighted by Gasteiger charge is -2.25. The molecule has 0 saturated carbocycles. The summed E-state index contributed by atoms with van der Waals surface area (Å²) in [6.45, 7) is 6.01. The highest BCUT2D eigenvalue weighted by Crippen LogP contribution is 2.32. The molecule has 1 fully saturated rings. The van der Waals surface area contributed by atoms with Gasteiger partial charge in [-0.25, -0.2) is 9.18 Å². The molecule has 4 amide bonds. The van der Waals surface area contributed by atoms with Crippen LogP contribution in [0.5, 0.6) is 0 Å². The number of amides is 4. The van der Waals surface area contributed by atoms with Gasteiger partial charge in [0.05, 0.1) is 0 Å². The van der Waals surface area contributed by atoms with Crippen LogP contribution in [0.1, 0.15) is 39.2 Å². The van der Waals surface area contributed by atoms with E-state index in [0.29, 0.717) is 24.4 Å². The second-order valence-corrected chi connectivity index (χ2v) is 6.62. The normalized spacial score (nSPS) is 20.1. The molecule has 25 heavy (non-hydrogen) atoms. The van der Waals surface area contributed by atoms with Crippen molar-refractivity contribution in [2.24, 2.45) is 5.92 Å². The average Bonchev–Trinajstić information content (AvgIpc) is 2.80. The van der Waals surface area contributed by atoms with Crippen LogP contribution in [-0.4, -0.2) is 35.8 Å². The Morgan fingerprint density at radius 2 is 1.92 bits per heavy atom. The fraction of sp³-hybridized carbons (Fsp3) is 0.500. The lowest BCUT2D eigenvalue weighted by atomic mass is 9.87. The van der Waals surface area contributed by atoms with Crippen molar-refractivity contribution in [2.45, 2.75) is 39.2 Å². The number of carbonyl (C=O) groups is 3. The van der Waals surface area contributed by atoms with Gasteiger partial charge in [0.2, 0.25) is 5.91 Å². The minimum atomic E-state index is -1.26. The summed E-state index contributed by atoms with van der Waals surface area (Å²) in [6.07, 6.45) is 1.12. The summed E-state index contributed by atoms with van der Waals surface area (Å²) in [5.74, 6) is -0.850. The molecule has 1 aliphatic rings. The van der Waals surface area contributed by atoms with Crippen LogP contribution < -0.4 is 10.6 Å². The first kappa shape index (κ1) is 18.9. The quantitative estimate of drug-likeness (QED) is 0.741. The summed E-state index contributed by atoms with van der Waals surface area (Å²) in [4.78, 5) is 38.0. The van der Waals surface area contributed by atoms with Crippen molar-refractivity contribution in [3.8, 4) is 0 Å². The predicted molar refractivity (Wildman–Crippen MR) is 91.1 cm³/mol. The molecule has 0 spiro atoms. The van der Waals surface area contributed by atoms with E-state index in [1.807, 2.05) is 13.8 Å². The number of carbonyl (C=O) groups excluding carboxylic acids is 3. The Kier molecular flexibility index (Phi) is 5.77. The fourth-order valence-electron chi connectivity index (χ4n) is 2.84. The molecule has 2 N–H and O–H groups in total. The molecule has 2 rings (SSSR count). The summed E-state index contributed by atoms with van der Waals surface area (Å²) in [5.41, 5.74) is -0.763. The van der Waals surface area contributed by atoms with Crippen molar-refractivity contribution in [3.63, 3.8) is 0 Å². The molecule has 7 heteroatoms. The number of nitrogens with zero attached hydrogens (tertiary/aromatic N) is 1. The Hall–Kier alpha value is -2.44. The van der Waals surface area contributed by atoms with E-state index in [0.717, 1.165) is 11.3 Å². The van der Waals surface area contributed by atoms with Crippen molar-refractivity contribution >= 4 is 17.8 Å². The minimum Gasteiger partial charge on any atom is -0.355 e. The molecule has 0 aromatic heterocycles. The number of nitrogens with one attached hydrogen (secondary N) is 2. The summed E-state index contributed by atoms with van der Waals surface area (Å²) in [5, 5.41) is 5.38. The third-order valence-corrected chi connectivity index (χ3v) is 4.39. The predicted octanol–water partition coefficient (Wildman–Crippen LogP) is 2.15. The van der Waals surface area contributed by atoms with Gasteiger partial charge in [0.25, 0.3) is 5.91 Å². The Morgan fingerprint density at radius 1 is 1.28 bits per heavy atom. The summed E-state index contributed by atoms with van der Waals surface area (Å²) >= 11 is 0. The molecule has 1 aromatic carbocycles. The number of rotatable bonds is 7. The Bertz CT molecular complexity index is 660. The first-order chi connectivity index (χ1) is 11.8. The first-order valence-electron chi connectivity index (χ1n) is 8.47. The van der Waals surface area contributed by atoms with Crippen molar-refractivity contribution < 1.29 is 18.8 Å². The summed E-state index contributed by atoms with van der Waals surface area (Å²) in [6, 6.07) is 4.82. The van der Waals surface area contributed by atoms with Gasteiger partial charge in [0.15, 0.2) is 0 Å². The largest absolute Gasteiger partial charge is 0.355 e. The Balaban J connectivity index is 2.12. The molecule has 1 saturated heterocycles. The van der Waals surface area contributed by atoms with Crippen molar-refractivity contribution in [3.05, 3.63) is 35.6 Å². The first-order valence-corrected chi connectivity index (χ1v) is 8.47. The van der Waals surface area contributed by atoms with Crippen LogP contribution in [0, 0.1) is 11.7 Å². The van der Waals surface area contributed by atoms with Gasteiger partial charge in [-0.3, -0.25) is 14.5 Å². The van der Waals surface area contributed by atoms with E-state index < -0.39 is 23.3 Å². The van der Waals surface area contributed by atoms with Crippen molar-refractivity contribution in [1.29, 1.82) is 0 Å². The van der Waals surface area contributed by atoms with E-state index in [2.05, 4.69) is 10.6 Å². The highest BCUT2D eigenvalue weighted by molar-refractivity contribution is 6.09. The van der Waals surface area contributed by atoms with E-state index in [9.17, 15) is 18.8 Å². The zero-order chi connectivity index (χ0) is 18.6. The van der Waals surface area contributed by atoms with E-state index in [4.69, 9.17) is 0 Å². The fourth-order valence-corrected chi connectivity index (χ4v) is 2.84. The van der Waals surface area contributed by atoms with Gasteiger partial charge in [-0.05, 0) is 36.5 Å². The van der Waals surface area contributed by atoms with E-state index in [1.54, 1.807) is 6.92 Å². The van der Waals surface area contributed by atoms with Crippen LogP contribution in [0.2, 0.25) is 0 Å². The number of hydrogen-bond acceptors (Lipinski definition) is 3. The molecule has 1 aliphatic heterocycles. The third-order valence-electron chi connectivity index (χ3n) is 4.39. The molecule has 1 heterocycles. The maximum Gasteiger partial charge on any atom is 0.325 e. The third kappa shape index (κ3) is 3.97. The van der Waals surface area contributed by atoms with Gasteiger partial charge in [0, 0.05) is 6.54 Å². The number of urea groups is 1. The summed E-state index contributed by atoms with van der Waals surface area (Å²) < 4.78 is 13.2. The van der Waals surface area contributed by atoms with Crippen LogP contribution in [0.25, 0.3) is 0 Å². The lowest BCUT2D eigenvalue weighted by molar-refractivity contribution is -0.135. The molecule has 0 radical (unpaired) electrons. The lowest BCUT2D eigenvalue weighted by Crippen LogP contribution is -2.45. The Labute approximate surface area is 146 Å². The maximum absolute atomic E-state index is 13.2. The molecule has 136 valence electrons. The average molecular weight is 349 g/mol. The SMILES string of the molecule is CC[C@@]1(c2ccc(F)cc2)NC(=O)N(CC(=O)NCCC(C)C)C1=O. The number of hydrogen-bond donors (Lipinski definition) is 2. The maximum atomic E-state index is 13.2. The van der Waals surface area contributed by atoms with Gasteiger partial charge in [-0.1, -0.05) is 32.9 Å². The van der Waals surface area contributed by atoms with Crippen LogP contribution in [0.15, 0.2) is 24.3 Å². The smallest absolute Gasteiger partial charge is 0.325 e. The highest BCUT2D eigenvalue weighted by atomic mass is 19.1. The monoisotopic (exact) mass is 349 g/mol. The number of imide groups is 1. The van der Waals surface area contributed by atoms with Gasteiger partial charge >= 0.3 is 6.03 Å². The second-order valence-electron chi connectivity index (χ2n) is 6.62. The Morgan fingerprint density at radius 3 is 2.48 bits per heavy atom. The van der Waals surface area contributed by atoms with Gasteiger partial charge < -0.3 is 10.6 Å². The zero-order valence-corrected chi connectivity index (χ0v) is 14.8. The van der Waals surface area contributed by atoms with Gasteiger partial charge in [-0.15, -0.1) is 0 Å². The zero-order valence-electron chi connectivity index (χ0n) is 14.8. The van der Waals surface area contributed by atoms with E-state index >= 15 is 0 Å². The van der Waals surface area contributed by atoms with Crippen molar-refractivity contribution in [2.75, 3.05) is 13.1 Å². The molecule has 0 bridgehead atoms. The van der Waals surface area contributed by atoms with E-state index in [1.165, 1.54) is 24.3 Å². The topological polar surface area (TPSA) is 78.5 Å². The van der Waals surface area contributed by atoms with Crippen LogP contribution in [0.3, 0.4) is 0 Å².